The Kier molecular flexibility index (Phi) is 5.69. The first kappa shape index (κ1) is 17.7. The van der Waals surface area contributed by atoms with Gasteiger partial charge in [-0.1, -0.05) is 36.4 Å². The van der Waals surface area contributed by atoms with E-state index in [2.05, 4.69) is 34.7 Å². The van der Waals surface area contributed by atoms with Crippen molar-refractivity contribution in [1.29, 1.82) is 0 Å². The number of carbonyl (C=O) groups is 1. The van der Waals surface area contributed by atoms with Crippen molar-refractivity contribution in [2.75, 3.05) is 13.7 Å². The predicted molar refractivity (Wildman–Crippen MR) is 102 cm³/mol. The maximum Gasteiger partial charge on any atom is 0.224 e. The van der Waals surface area contributed by atoms with E-state index in [4.69, 9.17) is 4.74 Å². The number of carbonyl (C=O) groups excluding carboxylic acids is 1. The van der Waals surface area contributed by atoms with Crippen molar-refractivity contribution in [3.63, 3.8) is 0 Å². The Morgan fingerprint density at radius 2 is 1.92 bits per heavy atom. The fraction of sp³-hybridized carbons (Fsp3) is 0.238. The highest BCUT2D eigenvalue weighted by Gasteiger charge is 2.05. The minimum Gasteiger partial charge on any atom is -0.497 e. The smallest absolute Gasteiger partial charge is 0.224 e. The van der Waals surface area contributed by atoms with E-state index in [1.807, 2.05) is 43.7 Å². The molecule has 0 aliphatic rings. The lowest BCUT2D eigenvalue weighted by molar-refractivity contribution is -0.120. The molecule has 0 aliphatic heterocycles. The molecule has 3 rings (SSSR count). The maximum atomic E-state index is 12.1. The van der Waals surface area contributed by atoms with Crippen molar-refractivity contribution >= 4 is 5.91 Å². The topological polar surface area (TPSA) is 56.1 Å². The zero-order chi connectivity index (χ0) is 18.4. The number of benzene rings is 2. The molecule has 3 aromatic rings. The SMILES string of the molecule is COc1cccc(CC(=O)NCCc2ccc(-c3cnn(C)c3)cc2)c1. The quantitative estimate of drug-likeness (QED) is 0.713. The normalized spacial score (nSPS) is 10.5. The predicted octanol–water partition coefficient (Wildman–Crippen LogP) is 3.00. The average molecular weight is 349 g/mol. The molecule has 1 N–H and O–H groups in total. The van der Waals surface area contributed by atoms with Gasteiger partial charge >= 0.3 is 0 Å². The van der Waals surface area contributed by atoms with Gasteiger partial charge in [-0.15, -0.1) is 0 Å². The van der Waals surface area contributed by atoms with Gasteiger partial charge in [0.15, 0.2) is 0 Å². The van der Waals surface area contributed by atoms with E-state index in [9.17, 15) is 4.79 Å². The van der Waals surface area contributed by atoms with Gasteiger partial charge in [0.05, 0.1) is 19.7 Å². The van der Waals surface area contributed by atoms with E-state index >= 15 is 0 Å². The molecule has 1 heterocycles. The van der Waals surface area contributed by atoms with Gasteiger partial charge in [0.1, 0.15) is 5.75 Å². The standard InChI is InChI=1S/C21H23N3O2/c1-24-15-19(14-23-24)18-8-6-16(7-9-18)10-11-22-21(25)13-17-4-3-5-20(12-17)26-2/h3-9,12,14-15H,10-11,13H2,1-2H3,(H,22,25). The van der Waals surface area contributed by atoms with Gasteiger partial charge in [0, 0.05) is 25.4 Å². The number of ether oxygens (including phenoxy) is 1. The van der Waals surface area contributed by atoms with Crippen molar-refractivity contribution in [1.82, 2.24) is 15.1 Å². The van der Waals surface area contributed by atoms with Crippen molar-refractivity contribution in [2.24, 2.45) is 7.05 Å². The molecular formula is C21H23N3O2. The van der Waals surface area contributed by atoms with Crippen molar-refractivity contribution in [3.8, 4) is 16.9 Å². The minimum absolute atomic E-state index is 0.0187. The number of hydrogen-bond acceptors (Lipinski definition) is 3. The fourth-order valence-corrected chi connectivity index (χ4v) is 2.81. The third-order valence-electron chi connectivity index (χ3n) is 4.23. The molecule has 1 amide bonds. The van der Waals surface area contributed by atoms with Crippen LogP contribution in [0.2, 0.25) is 0 Å². The molecule has 134 valence electrons. The minimum atomic E-state index is 0.0187. The van der Waals surface area contributed by atoms with Crippen LogP contribution in [0.3, 0.4) is 0 Å². The van der Waals surface area contributed by atoms with Gasteiger partial charge in [-0.25, -0.2) is 0 Å². The van der Waals surface area contributed by atoms with Crippen LogP contribution in [0.4, 0.5) is 0 Å². The molecule has 0 bridgehead atoms. The van der Waals surface area contributed by atoms with Crippen LogP contribution < -0.4 is 10.1 Å². The lowest BCUT2D eigenvalue weighted by Gasteiger charge is -2.07. The zero-order valence-electron chi connectivity index (χ0n) is 15.1. The summed E-state index contributed by atoms with van der Waals surface area (Å²) in [6.07, 6.45) is 5.01. The second kappa shape index (κ2) is 8.34. The zero-order valence-corrected chi connectivity index (χ0v) is 15.1. The Morgan fingerprint density at radius 1 is 1.12 bits per heavy atom. The largest absolute Gasteiger partial charge is 0.497 e. The van der Waals surface area contributed by atoms with Crippen LogP contribution in [0.1, 0.15) is 11.1 Å². The molecule has 5 heteroatoms. The Hall–Kier alpha value is -3.08. The first-order valence-electron chi connectivity index (χ1n) is 8.61. The summed E-state index contributed by atoms with van der Waals surface area (Å²) < 4.78 is 6.97. The van der Waals surface area contributed by atoms with Gasteiger partial charge in [0.25, 0.3) is 0 Å². The number of methoxy groups -OCH3 is 1. The number of nitrogens with one attached hydrogen (secondary N) is 1. The van der Waals surface area contributed by atoms with Gasteiger partial charge in [0.2, 0.25) is 5.91 Å². The molecule has 1 aromatic heterocycles. The lowest BCUT2D eigenvalue weighted by Crippen LogP contribution is -2.27. The van der Waals surface area contributed by atoms with Crippen LogP contribution in [0.15, 0.2) is 60.9 Å². The third kappa shape index (κ3) is 4.72. The maximum absolute atomic E-state index is 12.1. The fourth-order valence-electron chi connectivity index (χ4n) is 2.81. The van der Waals surface area contributed by atoms with E-state index in [-0.39, 0.29) is 5.91 Å². The Morgan fingerprint density at radius 3 is 2.62 bits per heavy atom. The van der Waals surface area contributed by atoms with E-state index in [0.717, 1.165) is 28.9 Å². The van der Waals surface area contributed by atoms with E-state index in [1.165, 1.54) is 5.56 Å². The Bertz CT molecular complexity index is 869. The average Bonchev–Trinajstić information content (AvgIpc) is 3.09. The molecule has 0 unspecified atom stereocenters. The summed E-state index contributed by atoms with van der Waals surface area (Å²) in [5.74, 6) is 0.786. The summed E-state index contributed by atoms with van der Waals surface area (Å²) in [4.78, 5) is 12.1. The molecule has 0 saturated carbocycles. The van der Waals surface area contributed by atoms with Crippen molar-refractivity contribution < 1.29 is 9.53 Å². The summed E-state index contributed by atoms with van der Waals surface area (Å²) in [6.45, 7) is 0.620. The van der Waals surface area contributed by atoms with Gasteiger partial charge < -0.3 is 10.1 Å². The highest BCUT2D eigenvalue weighted by Crippen LogP contribution is 2.18. The molecular weight excluding hydrogens is 326 g/mol. The lowest BCUT2D eigenvalue weighted by atomic mass is 10.1. The summed E-state index contributed by atoms with van der Waals surface area (Å²) in [5.41, 5.74) is 4.39. The molecule has 0 atom stereocenters. The van der Waals surface area contributed by atoms with Crippen molar-refractivity contribution in [3.05, 3.63) is 72.1 Å². The first-order chi connectivity index (χ1) is 12.6. The molecule has 5 nitrogen and oxygen atoms in total. The number of rotatable bonds is 7. The Balaban J connectivity index is 1.47. The highest BCUT2D eigenvalue weighted by atomic mass is 16.5. The van der Waals surface area contributed by atoms with Crippen LogP contribution in [-0.2, 0) is 24.7 Å². The number of aryl methyl sites for hydroxylation is 1. The van der Waals surface area contributed by atoms with E-state index in [1.54, 1.807) is 11.8 Å². The second-order valence-corrected chi connectivity index (χ2v) is 6.23. The second-order valence-electron chi connectivity index (χ2n) is 6.23. The first-order valence-corrected chi connectivity index (χ1v) is 8.61. The molecule has 0 aliphatic carbocycles. The summed E-state index contributed by atoms with van der Waals surface area (Å²) >= 11 is 0. The van der Waals surface area contributed by atoms with Crippen LogP contribution in [0, 0.1) is 0 Å². The Labute approximate surface area is 153 Å². The van der Waals surface area contributed by atoms with Crippen molar-refractivity contribution in [2.45, 2.75) is 12.8 Å². The van der Waals surface area contributed by atoms with Gasteiger partial charge in [-0.05, 0) is 35.2 Å². The molecule has 0 fully saturated rings. The summed E-state index contributed by atoms with van der Waals surface area (Å²) in [6, 6.07) is 15.9. The third-order valence-corrected chi connectivity index (χ3v) is 4.23. The molecule has 0 spiro atoms. The monoisotopic (exact) mass is 349 g/mol. The summed E-state index contributed by atoms with van der Waals surface area (Å²) in [7, 11) is 3.53. The van der Waals surface area contributed by atoms with Gasteiger partial charge in [-0.2, -0.15) is 5.10 Å². The van der Waals surface area contributed by atoms with Crippen LogP contribution in [0.25, 0.3) is 11.1 Å². The number of amides is 1. The molecule has 0 saturated heterocycles. The number of nitrogens with zero attached hydrogens (tertiary/aromatic N) is 2. The van der Waals surface area contributed by atoms with E-state index in [0.29, 0.717) is 13.0 Å². The van der Waals surface area contributed by atoms with E-state index < -0.39 is 0 Å². The summed E-state index contributed by atoms with van der Waals surface area (Å²) in [5, 5.41) is 7.16. The molecule has 0 radical (unpaired) electrons. The highest BCUT2D eigenvalue weighted by molar-refractivity contribution is 5.78. The van der Waals surface area contributed by atoms with Gasteiger partial charge in [-0.3, -0.25) is 9.48 Å². The van der Waals surface area contributed by atoms with Crippen LogP contribution in [-0.4, -0.2) is 29.3 Å². The van der Waals surface area contributed by atoms with Crippen LogP contribution in [0.5, 0.6) is 5.75 Å². The number of aromatic nitrogens is 2. The molecule has 26 heavy (non-hydrogen) atoms. The van der Waals surface area contributed by atoms with Crippen LogP contribution >= 0.6 is 0 Å². The molecule has 2 aromatic carbocycles. The number of hydrogen-bond donors (Lipinski definition) is 1.